The van der Waals surface area contributed by atoms with Crippen LogP contribution in [0.2, 0.25) is 0 Å². The molecule has 0 radical (unpaired) electrons. The van der Waals surface area contributed by atoms with Gasteiger partial charge in [0.25, 0.3) is 35.4 Å². The molecule has 6 amide bonds. The minimum Gasteiger partial charge on any atom is -0.389 e. The Kier molecular flexibility index (Phi) is 25.2. The van der Waals surface area contributed by atoms with Crippen molar-refractivity contribution in [3.05, 3.63) is 85.6 Å². The van der Waals surface area contributed by atoms with Crippen LogP contribution in [0.5, 0.6) is 0 Å². The molecule has 12 rings (SSSR count). The molecule has 9 N–H and O–H groups in total. The van der Waals surface area contributed by atoms with Gasteiger partial charge in [-0.25, -0.2) is 29.9 Å². The summed E-state index contributed by atoms with van der Waals surface area (Å²) in [5.74, 6) is 2.24. The van der Waals surface area contributed by atoms with E-state index in [2.05, 4.69) is 82.6 Å². The molecule has 0 aromatic carbocycles. The van der Waals surface area contributed by atoms with Gasteiger partial charge < -0.3 is 61.9 Å². The third kappa shape index (κ3) is 20.7. The highest BCUT2D eigenvalue weighted by Gasteiger charge is 2.37. The molecule has 27 heteroatoms. The highest BCUT2D eigenvalue weighted by molar-refractivity contribution is 7.18. The Balaban J connectivity index is 0.000000166. The summed E-state index contributed by atoms with van der Waals surface area (Å²) < 4.78 is 0. The number of pyridine rings is 3. The maximum absolute atomic E-state index is 13.6. The number of hydrogen-bond acceptors (Lipinski definition) is 21. The molecule has 3 saturated heterocycles. The Bertz CT molecular complexity index is 3870. The molecule has 6 aromatic rings. The quantitative estimate of drug-likeness (QED) is 0.0288. The van der Waals surface area contributed by atoms with Crippen molar-refractivity contribution in [3.63, 3.8) is 0 Å². The van der Waals surface area contributed by atoms with Crippen molar-refractivity contribution in [1.29, 1.82) is 0 Å². The second-order valence-electron chi connectivity index (χ2n) is 31.2. The molecular formula is C76H107N15O9S3. The average molecular weight is 1470 g/mol. The first-order valence-corrected chi connectivity index (χ1v) is 39.3. The monoisotopic (exact) mass is 1470 g/mol. The summed E-state index contributed by atoms with van der Waals surface area (Å²) in [6.45, 7) is 28.6. The number of nitrogens with one attached hydrogen (secondary N) is 6. The van der Waals surface area contributed by atoms with Crippen LogP contribution in [0.4, 0.5) is 17.5 Å². The molecule has 24 nitrogen and oxygen atoms in total. The SMILES string of the molecule is Cc1cc(NC2CCCC2)ncc1-c1sc(C(=O)NCC(C)(C)O)nc1C(=O)N1CCC[C@@H]1C.Cc1cc(N[C@@H](C)C2CC2)ncc1-c1sc(C(=O)NCC(C)(C)O)nc1C(=O)N1CCCC[C@@H]1C.Cc1cc(N[C@@H](C)C2CC2)ncc1-c1sc(C(=O)NCC(C)(C)O)nc1C(=O)N1CCC[C@@H]1C. The first kappa shape index (κ1) is 78.0. The predicted octanol–water partition coefficient (Wildman–Crippen LogP) is 12.1. The standard InChI is InChI=1S/C26H37N5O3S.2C25H35N5O3S/c1-15-12-20(29-17(3)18-9-10-18)27-13-19(15)22-21(25(33)31-11-7-6-8-16(31)2)30-24(35-22)23(32)28-14-26(4,5)34;1-14-11-19(28-16(3)17-8-9-17)26-12-18(14)21-20(24(32)30-10-6-7-15(30)2)29-23(34-21)22(31)27-13-25(4,5)33;1-15-12-19(28-17-9-5-6-10-17)26-13-18(15)21-20(24(32)30-11-7-8-16(30)2)29-23(34-21)22(31)27-14-25(3,4)33/h12-13,16-18,34H,6-11,14H2,1-5H3,(H,27,29)(H,28,32);11-12,15-17,33H,6-10,13H2,1-5H3,(H,26,28)(H,27,31);12-13,16-17,33H,5-11,14H2,1-4H3,(H,26,28)(H,27,31)/t16-,17-;15-,16-;16-/m000/s1. The molecule has 6 aromatic heterocycles. The lowest BCUT2D eigenvalue weighted by molar-refractivity contribution is 0.0628. The van der Waals surface area contributed by atoms with Crippen LogP contribution in [-0.4, -0.2) is 188 Å². The zero-order chi connectivity index (χ0) is 74.4. The van der Waals surface area contributed by atoms with Crippen LogP contribution in [0.3, 0.4) is 0 Å². The Morgan fingerprint density at radius 2 is 0.757 bits per heavy atom. The molecule has 3 saturated carbocycles. The number of aliphatic hydroxyl groups is 3. The second kappa shape index (κ2) is 33.3. The van der Waals surface area contributed by atoms with Crippen LogP contribution < -0.4 is 31.9 Å². The van der Waals surface area contributed by atoms with E-state index in [1.54, 1.807) is 60.1 Å². The highest BCUT2D eigenvalue weighted by atomic mass is 32.1. The molecule has 3 aliphatic heterocycles. The van der Waals surface area contributed by atoms with Crippen molar-refractivity contribution in [3.8, 4) is 31.3 Å². The fraction of sp³-hybridized carbons (Fsp3) is 0.605. The number of piperidine rings is 1. The van der Waals surface area contributed by atoms with Crippen LogP contribution in [0, 0.1) is 32.6 Å². The first-order chi connectivity index (χ1) is 48.7. The van der Waals surface area contributed by atoms with Crippen molar-refractivity contribution in [2.45, 2.75) is 246 Å². The van der Waals surface area contributed by atoms with Gasteiger partial charge in [0.05, 0.1) is 31.4 Å². The van der Waals surface area contributed by atoms with Crippen molar-refractivity contribution < 1.29 is 44.1 Å². The zero-order valence-corrected chi connectivity index (χ0v) is 64.9. The van der Waals surface area contributed by atoms with Gasteiger partial charge in [-0.2, -0.15) is 0 Å². The maximum Gasteiger partial charge on any atom is 0.280 e. The van der Waals surface area contributed by atoms with E-state index in [9.17, 15) is 44.1 Å². The van der Waals surface area contributed by atoms with Gasteiger partial charge in [-0.15, -0.1) is 34.0 Å². The van der Waals surface area contributed by atoms with E-state index >= 15 is 0 Å². The number of carbonyl (C=O) groups excluding carboxylic acids is 6. The van der Waals surface area contributed by atoms with Crippen LogP contribution in [0.1, 0.15) is 250 Å². The molecule has 6 fully saturated rings. The number of hydrogen-bond donors (Lipinski definition) is 9. The number of rotatable bonds is 23. The smallest absolute Gasteiger partial charge is 0.280 e. The van der Waals surface area contributed by atoms with Gasteiger partial charge in [-0.05, 0) is 227 Å². The lowest BCUT2D eigenvalue weighted by atomic mass is 10.0. The van der Waals surface area contributed by atoms with Crippen LogP contribution >= 0.6 is 34.0 Å². The second-order valence-corrected chi connectivity index (χ2v) is 34.2. The van der Waals surface area contributed by atoms with Gasteiger partial charge in [0.15, 0.2) is 15.0 Å². The molecule has 0 unspecified atom stereocenters. The van der Waals surface area contributed by atoms with E-state index < -0.39 is 34.5 Å². The molecule has 3 aliphatic carbocycles. The minimum absolute atomic E-state index is 0.0906. The van der Waals surface area contributed by atoms with E-state index in [1.807, 2.05) is 67.5 Å². The summed E-state index contributed by atoms with van der Waals surface area (Å²) in [4.78, 5) is 114. The van der Waals surface area contributed by atoms with Gasteiger partial charge in [-0.3, -0.25) is 28.8 Å². The predicted molar refractivity (Wildman–Crippen MR) is 407 cm³/mol. The highest BCUT2D eigenvalue weighted by Crippen LogP contribution is 2.41. The number of amides is 6. The first-order valence-electron chi connectivity index (χ1n) is 36.9. The number of anilines is 3. The fourth-order valence-corrected chi connectivity index (χ4v) is 16.6. The normalized spacial score (nSPS) is 19.2. The Labute approximate surface area is 618 Å². The third-order valence-electron chi connectivity index (χ3n) is 20.0. The van der Waals surface area contributed by atoms with Gasteiger partial charge in [0.1, 0.15) is 34.5 Å². The molecule has 9 heterocycles. The summed E-state index contributed by atoms with van der Waals surface area (Å²) in [6, 6.07) is 7.63. The number of carbonyl (C=O) groups is 6. The fourth-order valence-electron chi connectivity index (χ4n) is 13.4. The van der Waals surface area contributed by atoms with E-state index in [0.29, 0.717) is 81.3 Å². The van der Waals surface area contributed by atoms with E-state index in [0.717, 1.165) is 109 Å². The van der Waals surface area contributed by atoms with Gasteiger partial charge >= 0.3 is 0 Å². The average Bonchev–Trinajstić information content (AvgIpc) is 1.66. The number of nitrogens with zero attached hydrogens (tertiary/aromatic N) is 9. The lowest BCUT2D eigenvalue weighted by Crippen LogP contribution is -2.42. The van der Waals surface area contributed by atoms with Crippen molar-refractivity contribution in [2.24, 2.45) is 11.8 Å². The molecule has 103 heavy (non-hydrogen) atoms. The molecule has 6 aliphatic rings. The molecule has 5 atom stereocenters. The van der Waals surface area contributed by atoms with E-state index in [1.165, 1.54) is 72.5 Å². The van der Waals surface area contributed by atoms with Crippen LogP contribution in [0.15, 0.2) is 36.8 Å². The summed E-state index contributed by atoms with van der Waals surface area (Å²) in [6.07, 6.45) is 22.1. The van der Waals surface area contributed by atoms with Gasteiger partial charge in [0.2, 0.25) is 0 Å². The summed E-state index contributed by atoms with van der Waals surface area (Å²) in [7, 11) is 0. The van der Waals surface area contributed by atoms with Crippen LogP contribution in [0.25, 0.3) is 31.3 Å². The Morgan fingerprint density at radius 3 is 1.05 bits per heavy atom. The van der Waals surface area contributed by atoms with E-state index in [-0.39, 0.29) is 70.5 Å². The summed E-state index contributed by atoms with van der Waals surface area (Å²) in [5, 5.41) is 49.2. The lowest BCUT2D eigenvalue weighted by Gasteiger charge is -2.33. The molecule has 0 bridgehead atoms. The Morgan fingerprint density at radius 1 is 0.456 bits per heavy atom. The molecule has 0 spiro atoms. The molecular weight excluding hydrogens is 1360 g/mol. The number of likely N-dealkylation sites (tertiary alicyclic amines) is 3. The number of thiazole rings is 3. The van der Waals surface area contributed by atoms with Crippen molar-refractivity contribution in [2.75, 3.05) is 55.2 Å². The summed E-state index contributed by atoms with van der Waals surface area (Å²) >= 11 is 3.60. The van der Waals surface area contributed by atoms with Crippen molar-refractivity contribution in [1.82, 2.24) is 60.6 Å². The topological polar surface area (TPSA) is 322 Å². The number of aryl methyl sites for hydroxylation is 3. The minimum atomic E-state index is -1.04. The van der Waals surface area contributed by atoms with Crippen LogP contribution in [-0.2, 0) is 0 Å². The third-order valence-corrected chi connectivity index (χ3v) is 23.3. The maximum atomic E-state index is 13.6. The number of aromatic nitrogens is 6. The summed E-state index contributed by atoms with van der Waals surface area (Å²) in [5.41, 5.74) is 3.11. The van der Waals surface area contributed by atoms with Gasteiger partial charge in [0, 0.05) is 111 Å². The Hall–Kier alpha value is -7.56. The van der Waals surface area contributed by atoms with Crippen molar-refractivity contribution >= 4 is 86.9 Å². The van der Waals surface area contributed by atoms with Gasteiger partial charge in [-0.1, -0.05) is 12.8 Å². The molecule has 558 valence electrons. The largest absolute Gasteiger partial charge is 0.389 e. The zero-order valence-electron chi connectivity index (χ0n) is 62.5. The van der Waals surface area contributed by atoms with E-state index in [4.69, 9.17) is 0 Å².